The third-order valence-electron chi connectivity index (χ3n) is 4.26. The van der Waals surface area contributed by atoms with E-state index in [0.29, 0.717) is 6.54 Å². The third kappa shape index (κ3) is 3.86. The molecule has 1 heterocycles. The molecule has 1 aromatic heterocycles. The average Bonchev–Trinajstić information content (AvgIpc) is 3.04. The molecular weight excluding hydrogens is 332 g/mol. The van der Waals surface area contributed by atoms with Crippen LogP contribution in [0.25, 0.3) is 11.0 Å². The monoisotopic (exact) mass is 354 g/mol. The topological polar surface area (TPSA) is 49.3 Å². The summed E-state index contributed by atoms with van der Waals surface area (Å²) in [4.78, 5) is 16.8. The summed E-state index contributed by atoms with van der Waals surface area (Å²) in [5, 5.41) is 0. The van der Waals surface area contributed by atoms with Crippen LogP contribution in [0.15, 0.2) is 42.5 Å². The predicted octanol–water partition coefficient (Wildman–Crippen LogP) is 3.26. The molecule has 0 fully saturated rings. The van der Waals surface area contributed by atoms with E-state index in [1.54, 1.807) is 4.90 Å². The molecule has 0 saturated carbocycles. The largest absolute Gasteiger partial charge is 0.340 e. The number of aryl methyl sites for hydroxylation is 1. The van der Waals surface area contributed by atoms with Crippen molar-refractivity contribution in [2.24, 2.45) is 0 Å². The molecule has 0 radical (unpaired) electrons. The summed E-state index contributed by atoms with van der Waals surface area (Å²) in [6.07, 6.45) is 0. The van der Waals surface area contributed by atoms with Crippen LogP contribution in [0, 0.1) is 6.92 Å². The van der Waals surface area contributed by atoms with Crippen molar-refractivity contribution in [2.75, 3.05) is 21.1 Å². The molecule has 3 rings (SSSR count). The Hall–Kier alpha value is -2.31. The highest BCUT2D eigenvalue weighted by Crippen LogP contribution is 2.22. The lowest BCUT2D eigenvalue weighted by atomic mass is 10.0. The lowest BCUT2D eigenvalue weighted by molar-refractivity contribution is -0.135. The minimum absolute atomic E-state index is 0.0744. The van der Waals surface area contributed by atoms with Crippen molar-refractivity contribution in [2.45, 2.75) is 19.5 Å². The van der Waals surface area contributed by atoms with Gasteiger partial charge in [-0.1, -0.05) is 35.9 Å². The molecule has 0 saturated heterocycles. The zero-order valence-electron chi connectivity index (χ0n) is 14.9. The standard InChI is InChI=1S/C19H22N4OS/c1-13-5-8-15(9-6-13)18(22(2)3)19(24)23(4)12-14-7-10-16-17(11-14)21-25-20-16/h5-11,18H,12H2,1-4H3. The van der Waals surface area contributed by atoms with Crippen molar-refractivity contribution in [3.63, 3.8) is 0 Å². The molecular formula is C19H22N4OS. The molecule has 130 valence electrons. The Bertz CT molecular complexity index is 873. The van der Waals surface area contributed by atoms with Gasteiger partial charge in [0.05, 0.1) is 11.7 Å². The van der Waals surface area contributed by atoms with Gasteiger partial charge in [-0.2, -0.15) is 8.75 Å². The summed E-state index contributed by atoms with van der Waals surface area (Å²) < 4.78 is 8.49. The first kappa shape index (κ1) is 17.5. The second kappa shape index (κ2) is 7.29. The van der Waals surface area contributed by atoms with Crippen LogP contribution in [-0.4, -0.2) is 45.6 Å². The van der Waals surface area contributed by atoms with E-state index in [2.05, 4.69) is 8.75 Å². The molecule has 1 unspecified atom stereocenters. The summed E-state index contributed by atoms with van der Waals surface area (Å²) >= 11 is 1.21. The number of benzene rings is 2. The molecule has 1 atom stereocenters. The van der Waals surface area contributed by atoms with Gasteiger partial charge in [0, 0.05) is 13.6 Å². The van der Waals surface area contributed by atoms with Crippen LogP contribution >= 0.6 is 11.7 Å². The van der Waals surface area contributed by atoms with Gasteiger partial charge in [0.2, 0.25) is 5.91 Å². The molecule has 0 N–H and O–H groups in total. The second-order valence-electron chi connectivity index (χ2n) is 6.56. The smallest absolute Gasteiger partial charge is 0.244 e. The Balaban J connectivity index is 1.79. The molecule has 1 amide bonds. The highest BCUT2D eigenvalue weighted by Gasteiger charge is 2.26. The summed E-state index contributed by atoms with van der Waals surface area (Å²) in [6.45, 7) is 2.59. The fraction of sp³-hybridized carbons (Fsp3) is 0.316. The van der Waals surface area contributed by atoms with E-state index in [0.717, 1.165) is 22.2 Å². The van der Waals surface area contributed by atoms with E-state index in [9.17, 15) is 4.79 Å². The van der Waals surface area contributed by atoms with Crippen LogP contribution < -0.4 is 0 Å². The zero-order valence-corrected chi connectivity index (χ0v) is 15.7. The number of carbonyl (C=O) groups excluding carboxylic acids is 1. The Kier molecular flexibility index (Phi) is 5.11. The van der Waals surface area contributed by atoms with Gasteiger partial charge in [-0.15, -0.1) is 0 Å². The molecule has 25 heavy (non-hydrogen) atoms. The minimum Gasteiger partial charge on any atom is -0.340 e. The van der Waals surface area contributed by atoms with Gasteiger partial charge >= 0.3 is 0 Å². The van der Waals surface area contributed by atoms with Crippen LogP contribution in [0.5, 0.6) is 0 Å². The number of hydrogen-bond donors (Lipinski definition) is 0. The van der Waals surface area contributed by atoms with E-state index < -0.39 is 0 Å². The first-order chi connectivity index (χ1) is 12.0. The van der Waals surface area contributed by atoms with Gasteiger partial charge in [0.25, 0.3) is 0 Å². The Morgan fingerprint density at radius 3 is 2.40 bits per heavy atom. The lowest BCUT2D eigenvalue weighted by Crippen LogP contribution is -2.38. The van der Waals surface area contributed by atoms with Crippen LogP contribution in [0.2, 0.25) is 0 Å². The normalized spacial score (nSPS) is 12.5. The van der Waals surface area contributed by atoms with E-state index in [4.69, 9.17) is 0 Å². The van der Waals surface area contributed by atoms with Crippen LogP contribution in [-0.2, 0) is 11.3 Å². The predicted molar refractivity (Wildman–Crippen MR) is 101 cm³/mol. The third-order valence-corrected chi connectivity index (χ3v) is 4.81. The molecule has 6 heteroatoms. The van der Waals surface area contributed by atoms with Gasteiger partial charge in [-0.25, -0.2) is 0 Å². The lowest BCUT2D eigenvalue weighted by Gasteiger charge is -2.28. The Labute approximate surface area is 152 Å². The first-order valence-corrected chi connectivity index (χ1v) is 8.88. The number of aromatic nitrogens is 2. The number of carbonyl (C=O) groups is 1. The molecule has 0 aliphatic heterocycles. The SMILES string of the molecule is Cc1ccc(C(C(=O)N(C)Cc2ccc3nsnc3c2)N(C)C)cc1. The maximum Gasteiger partial charge on any atom is 0.244 e. The number of rotatable bonds is 5. The molecule has 0 spiro atoms. The van der Waals surface area contributed by atoms with E-state index >= 15 is 0 Å². The number of hydrogen-bond acceptors (Lipinski definition) is 5. The molecule has 2 aromatic carbocycles. The first-order valence-electron chi connectivity index (χ1n) is 8.15. The highest BCUT2D eigenvalue weighted by atomic mass is 32.1. The maximum absolute atomic E-state index is 13.0. The van der Waals surface area contributed by atoms with Crippen LogP contribution in [0.3, 0.4) is 0 Å². The number of likely N-dealkylation sites (N-methyl/N-ethyl adjacent to an activating group) is 2. The summed E-state index contributed by atoms with van der Waals surface area (Å²) in [5.74, 6) is 0.0744. The van der Waals surface area contributed by atoms with Gasteiger partial charge in [-0.05, 0) is 44.3 Å². The summed E-state index contributed by atoms with van der Waals surface area (Å²) in [6, 6.07) is 13.8. The molecule has 0 bridgehead atoms. The van der Waals surface area contributed by atoms with Gasteiger partial charge in [0.1, 0.15) is 17.1 Å². The Morgan fingerprint density at radius 1 is 1.04 bits per heavy atom. The van der Waals surface area contributed by atoms with Gasteiger partial charge in [-0.3, -0.25) is 9.69 Å². The molecule has 5 nitrogen and oxygen atoms in total. The number of nitrogens with zero attached hydrogens (tertiary/aromatic N) is 4. The molecule has 0 aliphatic carbocycles. The van der Waals surface area contributed by atoms with Crippen molar-refractivity contribution in [1.82, 2.24) is 18.5 Å². The highest BCUT2D eigenvalue weighted by molar-refractivity contribution is 7.00. The van der Waals surface area contributed by atoms with Crippen molar-refractivity contribution in [3.05, 3.63) is 59.2 Å². The van der Waals surface area contributed by atoms with E-state index in [1.165, 1.54) is 17.3 Å². The average molecular weight is 354 g/mol. The zero-order chi connectivity index (χ0) is 18.0. The second-order valence-corrected chi connectivity index (χ2v) is 7.09. The Morgan fingerprint density at radius 2 is 1.72 bits per heavy atom. The van der Waals surface area contributed by atoms with Crippen molar-refractivity contribution < 1.29 is 4.79 Å². The minimum atomic E-state index is -0.296. The van der Waals surface area contributed by atoms with Crippen LogP contribution in [0.4, 0.5) is 0 Å². The fourth-order valence-corrected chi connectivity index (χ4v) is 3.41. The number of fused-ring (bicyclic) bond motifs is 1. The maximum atomic E-state index is 13.0. The van der Waals surface area contributed by atoms with Crippen molar-refractivity contribution in [1.29, 1.82) is 0 Å². The van der Waals surface area contributed by atoms with E-state index in [-0.39, 0.29) is 11.9 Å². The van der Waals surface area contributed by atoms with E-state index in [1.807, 2.05) is 75.4 Å². The summed E-state index contributed by atoms with van der Waals surface area (Å²) in [7, 11) is 5.71. The van der Waals surface area contributed by atoms with Gasteiger partial charge in [0.15, 0.2) is 0 Å². The van der Waals surface area contributed by atoms with Crippen molar-refractivity contribution in [3.8, 4) is 0 Å². The molecule has 0 aliphatic rings. The molecule has 3 aromatic rings. The van der Waals surface area contributed by atoms with Crippen molar-refractivity contribution >= 4 is 28.7 Å². The quantitative estimate of drug-likeness (QED) is 0.706. The number of amides is 1. The summed E-state index contributed by atoms with van der Waals surface area (Å²) in [5.41, 5.74) is 5.02. The van der Waals surface area contributed by atoms with Gasteiger partial charge < -0.3 is 4.90 Å². The fourth-order valence-electron chi connectivity index (χ4n) is 2.90. The van der Waals surface area contributed by atoms with Crippen LogP contribution in [0.1, 0.15) is 22.7 Å².